The molecule has 0 aromatic heterocycles. The van der Waals surface area contributed by atoms with Gasteiger partial charge < -0.3 is 19.9 Å². The maximum atomic E-state index is 13.1. The quantitative estimate of drug-likeness (QED) is 0.358. The van der Waals surface area contributed by atoms with Crippen LogP contribution in [0.1, 0.15) is 16.7 Å². The van der Waals surface area contributed by atoms with E-state index in [9.17, 15) is 14.3 Å². The van der Waals surface area contributed by atoms with Crippen LogP contribution in [0.2, 0.25) is 0 Å². The van der Waals surface area contributed by atoms with Gasteiger partial charge in [-0.1, -0.05) is 36.4 Å². The first-order valence-corrected chi connectivity index (χ1v) is 12.8. The van der Waals surface area contributed by atoms with Crippen molar-refractivity contribution in [3.63, 3.8) is 0 Å². The highest BCUT2D eigenvalue weighted by Gasteiger charge is 2.55. The number of piperidine rings is 1. The van der Waals surface area contributed by atoms with Crippen LogP contribution in [-0.2, 0) is 17.8 Å². The number of nitrogens with one attached hydrogen (secondary N) is 1. The van der Waals surface area contributed by atoms with E-state index in [1.54, 1.807) is 6.07 Å². The van der Waals surface area contributed by atoms with Gasteiger partial charge in [0.2, 0.25) is 0 Å². The summed E-state index contributed by atoms with van der Waals surface area (Å²) in [5.74, 6) is 1.51. The molecule has 4 atom stereocenters. The number of carboxylic acids is 1. The number of carboxylic acid groups (broad SMARTS) is 1. The van der Waals surface area contributed by atoms with Crippen molar-refractivity contribution >= 4 is 5.97 Å². The van der Waals surface area contributed by atoms with Crippen LogP contribution < -0.4 is 14.8 Å². The first-order valence-electron chi connectivity index (χ1n) is 12.8. The lowest BCUT2D eigenvalue weighted by molar-refractivity contribution is -0.145. The molecule has 2 N–H and O–H groups in total. The van der Waals surface area contributed by atoms with Crippen LogP contribution in [0, 0.1) is 24.6 Å². The van der Waals surface area contributed by atoms with Gasteiger partial charge in [0.15, 0.2) is 6.10 Å². The van der Waals surface area contributed by atoms with Gasteiger partial charge in [-0.15, -0.1) is 0 Å². The van der Waals surface area contributed by atoms with E-state index < -0.39 is 12.1 Å². The summed E-state index contributed by atoms with van der Waals surface area (Å²) in [5, 5.41) is 13.2. The molecule has 1 heterocycles. The Hall–Kier alpha value is -3.42. The summed E-state index contributed by atoms with van der Waals surface area (Å²) >= 11 is 0. The van der Waals surface area contributed by atoms with Crippen molar-refractivity contribution in [3.05, 3.63) is 95.3 Å². The van der Waals surface area contributed by atoms with E-state index in [0.29, 0.717) is 30.2 Å². The van der Waals surface area contributed by atoms with E-state index in [4.69, 9.17) is 9.47 Å². The molecule has 1 saturated heterocycles. The molecule has 2 unspecified atom stereocenters. The number of hydrogen-bond donors (Lipinski definition) is 2. The molecule has 1 saturated carbocycles. The molecule has 194 valence electrons. The SMILES string of the molecule is Cc1cccc(O[C@@H](Cc2ccc(OCCNC3C4CN(Cc5ccc(F)cc5)C[C@@H]43)cc2)C(=O)O)c1. The maximum absolute atomic E-state index is 13.1. The summed E-state index contributed by atoms with van der Waals surface area (Å²) in [6, 6.07) is 22.3. The average molecular weight is 505 g/mol. The van der Waals surface area contributed by atoms with Gasteiger partial charge in [0.1, 0.15) is 23.9 Å². The van der Waals surface area contributed by atoms with E-state index in [0.717, 1.165) is 48.6 Å². The number of halogens is 1. The number of fused-ring (bicyclic) bond motifs is 1. The van der Waals surface area contributed by atoms with Gasteiger partial charge in [-0.3, -0.25) is 4.90 Å². The largest absolute Gasteiger partial charge is 0.492 e. The number of hydrogen-bond acceptors (Lipinski definition) is 5. The molecular weight excluding hydrogens is 471 g/mol. The smallest absolute Gasteiger partial charge is 0.345 e. The zero-order valence-corrected chi connectivity index (χ0v) is 21.0. The fourth-order valence-corrected chi connectivity index (χ4v) is 5.26. The Labute approximate surface area is 217 Å². The number of ether oxygens (including phenoxy) is 2. The molecule has 2 aliphatic rings. The van der Waals surface area contributed by atoms with E-state index in [1.807, 2.05) is 61.5 Å². The number of benzene rings is 3. The van der Waals surface area contributed by atoms with Crippen molar-refractivity contribution in [1.29, 1.82) is 0 Å². The van der Waals surface area contributed by atoms with Gasteiger partial charge in [-0.25, -0.2) is 9.18 Å². The van der Waals surface area contributed by atoms with Crippen molar-refractivity contribution in [2.75, 3.05) is 26.2 Å². The highest BCUT2D eigenvalue weighted by Crippen LogP contribution is 2.45. The predicted octanol–water partition coefficient (Wildman–Crippen LogP) is 4.31. The third-order valence-electron chi connectivity index (χ3n) is 7.23. The summed E-state index contributed by atoms with van der Waals surface area (Å²) < 4.78 is 24.7. The number of likely N-dealkylation sites (tertiary alicyclic amines) is 1. The van der Waals surface area contributed by atoms with Gasteiger partial charge >= 0.3 is 5.97 Å². The molecule has 5 rings (SSSR count). The number of rotatable bonds is 12. The summed E-state index contributed by atoms with van der Waals surface area (Å²) in [4.78, 5) is 14.2. The lowest BCUT2D eigenvalue weighted by Gasteiger charge is -2.20. The molecule has 2 fully saturated rings. The third-order valence-corrected chi connectivity index (χ3v) is 7.23. The van der Waals surface area contributed by atoms with Crippen LogP contribution in [0.5, 0.6) is 11.5 Å². The van der Waals surface area contributed by atoms with Gasteiger partial charge in [0.25, 0.3) is 0 Å². The number of aliphatic carboxylic acids is 1. The summed E-state index contributed by atoms with van der Waals surface area (Å²) in [5.41, 5.74) is 3.05. The van der Waals surface area contributed by atoms with E-state index in [2.05, 4.69) is 10.2 Å². The number of aryl methyl sites for hydroxylation is 1. The standard InChI is InChI=1S/C30H33FN2O4/c1-20-3-2-4-25(15-20)37-28(30(34)35)16-21-7-11-24(12-8-21)36-14-13-32-29-26-18-33(19-27(26)29)17-22-5-9-23(31)10-6-22/h2-12,15,26-29,32H,13-14,16-19H2,1H3,(H,34,35)/t26-,27?,28-,29?/m0/s1. The fraction of sp³-hybridized carbons (Fsp3) is 0.367. The molecule has 1 aliphatic carbocycles. The Morgan fingerprint density at radius 2 is 1.73 bits per heavy atom. The summed E-state index contributed by atoms with van der Waals surface area (Å²) in [7, 11) is 0. The van der Waals surface area contributed by atoms with Crippen LogP contribution in [0.25, 0.3) is 0 Å². The minimum atomic E-state index is -0.990. The second kappa shape index (κ2) is 11.3. The molecular formula is C30H33FN2O4. The van der Waals surface area contributed by atoms with Crippen molar-refractivity contribution in [2.24, 2.45) is 11.8 Å². The van der Waals surface area contributed by atoms with Gasteiger partial charge in [0, 0.05) is 38.6 Å². The highest BCUT2D eigenvalue weighted by molar-refractivity contribution is 5.73. The van der Waals surface area contributed by atoms with Crippen molar-refractivity contribution in [3.8, 4) is 11.5 Å². The zero-order chi connectivity index (χ0) is 25.8. The molecule has 0 bridgehead atoms. The lowest BCUT2D eigenvalue weighted by Crippen LogP contribution is -2.33. The molecule has 0 radical (unpaired) electrons. The van der Waals surface area contributed by atoms with Crippen LogP contribution in [-0.4, -0.2) is 54.4 Å². The maximum Gasteiger partial charge on any atom is 0.345 e. The molecule has 7 heteroatoms. The molecule has 3 aromatic rings. The normalized spacial score (nSPS) is 21.3. The Kier molecular flexibility index (Phi) is 7.72. The Morgan fingerprint density at radius 3 is 2.41 bits per heavy atom. The first-order chi connectivity index (χ1) is 17.9. The second-order valence-corrected chi connectivity index (χ2v) is 10.1. The number of nitrogens with zero attached hydrogens (tertiary/aromatic N) is 1. The predicted molar refractivity (Wildman–Crippen MR) is 139 cm³/mol. The highest BCUT2D eigenvalue weighted by atomic mass is 19.1. The Balaban J connectivity index is 1.00. The van der Waals surface area contributed by atoms with Crippen molar-refractivity contribution in [2.45, 2.75) is 32.0 Å². The molecule has 1 aliphatic heterocycles. The Bertz CT molecular complexity index is 1190. The zero-order valence-electron chi connectivity index (χ0n) is 21.0. The van der Waals surface area contributed by atoms with Crippen LogP contribution in [0.15, 0.2) is 72.8 Å². The minimum Gasteiger partial charge on any atom is -0.492 e. The van der Waals surface area contributed by atoms with Crippen LogP contribution in [0.3, 0.4) is 0 Å². The monoisotopic (exact) mass is 504 g/mol. The average Bonchev–Trinajstić information content (AvgIpc) is 3.33. The topological polar surface area (TPSA) is 71.0 Å². The molecule has 6 nitrogen and oxygen atoms in total. The lowest BCUT2D eigenvalue weighted by atomic mass is 10.1. The Morgan fingerprint density at radius 1 is 1.03 bits per heavy atom. The summed E-state index contributed by atoms with van der Waals surface area (Å²) in [6.07, 6.45) is -0.685. The van der Waals surface area contributed by atoms with Crippen molar-refractivity contribution < 1.29 is 23.8 Å². The molecule has 37 heavy (non-hydrogen) atoms. The molecule has 0 spiro atoms. The summed E-state index contributed by atoms with van der Waals surface area (Å²) in [6.45, 7) is 6.33. The van der Waals surface area contributed by atoms with E-state index in [1.165, 1.54) is 12.1 Å². The van der Waals surface area contributed by atoms with Gasteiger partial charge in [0.05, 0.1) is 0 Å². The van der Waals surface area contributed by atoms with Crippen molar-refractivity contribution in [1.82, 2.24) is 10.2 Å². The van der Waals surface area contributed by atoms with E-state index in [-0.39, 0.29) is 12.2 Å². The second-order valence-electron chi connectivity index (χ2n) is 10.1. The van der Waals surface area contributed by atoms with E-state index >= 15 is 0 Å². The first kappa shape index (κ1) is 25.2. The van der Waals surface area contributed by atoms with Gasteiger partial charge in [-0.2, -0.15) is 0 Å². The van der Waals surface area contributed by atoms with Gasteiger partial charge in [-0.05, 0) is 71.8 Å². The number of carbonyl (C=O) groups is 1. The third kappa shape index (κ3) is 6.67. The molecule has 0 amide bonds. The fourth-order valence-electron chi connectivity index (χ4n) is 5.26. The molecule has 3 aromatic carbocycles. The van der Waals surface area contributed by atoms with Crippen LogP contribution >= 0.6 is 0 Å². The minimum absolute atomic E-state index is 0.189. The van der Waals surface area contributed by atoms with Crippen LogP contribution in [0.4, 0.5) is 4.39 Å².